The largest absolute Gasteiger partial charge is 0.361 e. The molecule has 114 valence electrons. The van der Waals surface area contributed by atoms with Gasteiger partial charge < -0.3 is 4.98 Å². The average molecular weight is 367 g/mol. The van der Waals surface area contributed by atoms with E-state index in [-0.39, 0.29) is 0 Å². The molecule has 0 aliphatic heterocycles. The molecule has 4 nitrogen and oxygen atoms in total. The Balaban J connectivity index is 1.60. The lowest BCUT2D eigenvalue weighted by Gasteiger charge is -2.07. The van der Waals surface area contributed by atoms with Gasteiger partial charge in [0.25, 0.3) is 0 Å². The Labute approximate surface area is 142 Å². The minimum absolute atomic E-state index is 0.830. The molecule has 4 rings (SSSR count). The first-order valence-corrected chi connectivity index (χ1v) is 8.28. The van der Waals surface area contributed by atoms with Crippen LogP contribution in [-0.2, 0) is 13.0 Å². The summed E-state index contributed by atoms with van der Waals surface area (Å²) in [7, 11) is 0. The highest BCUT2D eigenvalue weighted by Crippen LogP contribution is 2.23. The number of hydrogen-bond donors (Lipinski definition) is 1. The predicted molar refractivity (Wildman–Crippen MR) is 95.2 cm³/mol. The van der Waals surface area contributed by atoms with Gasteiger partial charge in [-0.2, -0.15) is 5.10 Å². The van der Waals surface area contributed by atoms with Crippen LogP contribution < -0.4 is 0 Å². The van der Waals surface area contributed by atoms with Gasteiger partial charge in [-0.1, -0.05) is 18.2 Å². The number of rotatable bonds is 4. The van der Waals surface area contributed by atoms with E-state index in [0.29, 0.717) is 0 Å². The summed E-state index contributed by atoms with van der Waals surface area (Å²) >= 11 is 3.47. The number of nitrogens with one attached hydrogen (secondary N) is 1. The number of aromatic nitrogens is 4. The van der Waals surface area contributed by atoms with Gasteiger partial charge >= 0.3 is 0 Å². The molecule has 23 heavy (non-hydrogen) atoms. The van der Waals surface area contributed by atoms with Crippen molar-refractivity contribution in [3.05, 3.63) is 71.2 Å². The van der Waals surface area contributed by atoms with Crippen molar-refractivity contribution in [2.24, 2.45) is 0 Å². The second kappa shape index (κ2) is 6.01. The molecule has 0 atom stereocenters. The number of halogens is 1. The van der Waals surface area contributed by atoms with Crippen LogP contribution in [0.25, 0.3) is 22.2 Å². The molecule has 0 spiro atoms. The maximum Gasteiger partial charge on any atom is 0.0698 e. The van der Waals surface area contributed by atoms with Gasteiger partial charge in [-0.3, -0.25) is 9.67 Å². The first-order valence-electron chi connectivity index (χ1n) is 7.49. The number of pyridine rings is 1. The minimum Gasteiger partial charge on any atom is -0.361 e. The van der Waals surface area contributed by atoms with Crippen LogP contribution in [0.4, 0.5) is 0 Å². The fourth-order valence-electron chi connectivity index (χ4n) is 2.87. The van der Waals surface area contributed by atoms with Crippen molar-refractivity contribution < 1.29 is 0 Å². The second-order valence-corrected chi connectivity index (χ2v) is 6.36. The number of fused-ring (bicyclic) bond motifs is 1. The smallest absolute Gasteiger partial charge is 0.0698 e. The van der Waals surface area contributed by atoms with Gasteiger partial charge in [0.05, 0.1) is 5.69 Å². The van der Waals surface area contributed by atoms with Gasteiger partial charge in [0, 0.05) is 52.3 Å². The first kappa shape index (κ1) is 14.2. The predicted octanol–water partition coefficient (Wildman–Crippen LogP) is 4.43. The molecular formula is C18H15BrN4. The number of H-pyrrole nitrogens is 1. The summed E-state index contributed by atoms with van der Waals surface area (Å²) in [4.78, 5) is 7.57. The van der Waals surface area contributed by atoms with E-state index in [4.69, 9.17) is 0 Å². The molecule has 0 fully saturated rings. The van der Waals surface area contributed by atoms with Crippen LogP contribution in [0.2, 0.25) is 0 Å². The van der Waals surface area contributed by atoms with Crippen molar-refractivity contribution in [3.8, 4) is 11.3 Å². The summed E-state index contributed by atoms with van der Waals surface area (Å²) in [5.74, 6) is 0. The van der Waals surface area contributed by atoms with Crippen molar-refractivity contribution in [1.29, 1.82) is 0 Å². The Morgan fingerprint density at radius 1 is 1.13 bits per heavy atom. The molecule has 1 aromatic carbocycles. The van der Waals surface area contributed by atoms with Gasteiger partial charge in [-0.25, -0.2) is 0 Å². The van der Waals surface area contributed by atoms with E-state index in [9.17, 15) is 0 Å². The fourth-order valence-corrected chi connectivity index (χ4v) is 3.24. The average Bonchev–Trinajstić information content (AvgIpc) is 3.20. The number of aryl methyl sites for hydroxylation is 2. The van der Waals surface area contributed by atoms with Crippen molar-refractivity contribution in [3.63, 3.8) is 0 Å². The van der Waals surface area contributed by atoms with Gasteiger partial charge in [0.15, 0.2) is 0 Å². The third kappa shape index (κ3) is 2.80. The van der Waals surface area contributed by atoms with Crippen LogP contribution in [0.3, 0.4) is 0 Å². The SMILES string of the molecule is Brc1cncc(-c2ccnn2CCc2c[nH]c3ccccc23)c1. The first-order chi connectivity index (χ1) is 11.3. The van der Waals surface area contributed by atoms with Crippen LogP contribution in [0.1, 0.15) is 5.56 Å². The summed E-state index contributed by atoms with van der Waals surface area (Å²) in [6, 6.07) is 12.5. The summed E-state index contributed by atoms with van der Waals surface area (Å²) in [5.41, 5.74) is 4.64. The second-order valence-electron chi connectivity index (χ2n) is 5.44. The molecule has 0 aliphatic rings. The monoisotopic (exact) mass is 366 g/mol. The third-order valence-electron chi connectivity index (χ3n) is 3.99. The molecular weight excluding hydrogens is 352 g/mol. The van der Waals surface area contributed by atoms with E-state index in [1.807, 2.05) is 23.1 Å². The van der Waals surface area contributed by atoms with E-state index in [1.54, 1.807) is 6.20 Å². The summed E-state index contributed by atoms with van der Waals surface area (Å²) in [6.07, 6.45) is 8.51. The highest BCUT2D eigenvalue weighted by atomic mass is 79.9. The van der Waals surface area contributed by atoms with Crippen molar-refractivity contribution in [2.75, 3.05) is 0 Å². The lowest BCUT2D eigenvalue weighted by molar-refractivity contribution is 0.623. The Hall–Kier alpha value is -2.40. The lowest BCUT2D eigenvalue weighted by atomic mass is 10.1. The van der Waals surface area contributed by atoms with E-state index in [2.05, 4.69) is 67.5 Å². The van der Waals surface area contributed by atoms with Crippen LogP contribution >= 0.6 is 15.9 Å². The highest BCUT2D eigenvalue weighted by Gasteiger charge is 2.08. The van der Waals surface area contributed by atoms with Crippen molar-refractivity contribution in [1.82, 2.24) is 19.7 Å². The summed E-state index contributed by atoms with van der Waals surface area (Å²) in [5, 5.41) is 5.75. The minimum atomic E-state index is 0.830. The maximum atomic E-state index is 4.47. The Kier molecular flexibility index (Phi) is 3.71. The molecule has 0 amide bonds. The number of para-hydroxylation sites is 1. The molecule has 0 bridgehead atoms. The Morgan fingerprint density at radius 2 is 2.04 bits per heavy atom. The lowest BCUT2D eigenvalue weighted by Crippen LogP contribution is -2.05. The molecule has 1 N–H and O–H groups in total. The molecule has 3 aromatic heterocycles. The Morgan fingerprint density at radius 3 is 2.96 bits per heavy atom. The van der Waals surface area contributed by atoms with Crippen LogP contribution in [-0.4, -0.2) is 19.7 Å². The van der Waals surface area contributed by atoms with E-state index in [1.165, 1.54) is 16.5 Å². The Bertz CT molecular complexity index is 954. The molecule has 0 saturated heterocycles. The normalized spacial score (nSPS) is 11.2. The van der Waals surface area contributed by atoms with E-state index >= 15 is 0 Å². The molecule has 0 aliphatic carbocycles. The fraction of sp³-hybridized carbons (Fsp3) is 0.111. The van der Waals surface area contributed by atoms with Crippen LogP contribution in [0.5, 0.6) is 0 Å². The number of aromatic amines is 1. The van der Waals surface area contributed by atoms with Crippen molar-refractivity contribution in [2.45, 2.75) is 13.0 Å². The highest BCUT2D eigenvalue weighted by molar-refractivity contribution is 9.10. The zero-order valence-corrected chi connectivity index (χ0v) is 14.0. The quantitative estimate of drug-likeness (QED) is 0.580. The van der Waals surface area contributed by atoms with Gasteiger partial charge in [0.2, 0.25) is 0 Å². The molecule has 5 heteroatoms. The summed E-state index contributed by atoms with van der Waals surface area (Å²) < 4.78 is 3.00. The topological polar surface area (TPSA) is 46.5 Å². The zero-order chi connectivity index (χ0) is 15.6. The number of hydrogen-bond acceptors (Lipinski definition) is 2. The zero-order valence-electron chi connectivity index (χ0n) is 12.4. The van der Waals surface area contributed by atoms with Gasteiger partial charge in [-0.05, 0) is 46.1 Å². The van der Waals surface area contributed by atoms with Gasteiger partial charge in [0.1, 0.15) is 0 Å². The number of benzene rings is 1. The molecule has 3 heterocycles. The van der Waals surface area contributed by atoms with Gasteiger partial charge in [-0.15, -0.1) is 0 Å². The van der Waals surface area contributed by atoms with E-state index in [0.717, 1.165) is 28.7 Å². The molecule has 0 saturated carbocycles. The standard InChI is InChI=1S/C18H15BrN4/c19-15-9-14(10-20-12-15)18-5-7-22-23(18)8-6-13-11-21-17-4-2-1-3-16(13)17/h1-5,7,9-12,21H,6,8H2. The summed E-state index contributed by atoms with van der Waals surface area (Å²) in [6.45, 7) is 0.830. The third-order valence-corrected chi connectivity index (χ3v) is 4.42. The molecule has 4 aromatic rings. The van der Waals surface area contributed by atoms with E-state index < -0.39 is 0 Å². The molecule has 0 unspecified atom stereocenters. The molecule has 0 radical (unpaired) electrons. The maximum absolute atomic E-state index is 4.47. The number of nitrogens with zero attached hydrogens (tertiary/aromatic N) is 3. The van der Waals surface area contributed by atoms with Crippen LogP contribution in [0.15, 0.2) is 65.7 Å². The van der Waals surface area contributed by atoms with Crippen molar-refractivity contribution >= 4 is 26.8 Å². The van der Waals surface area contributed by atoms with Crippen LogP contribution in [0, 0.1) is 0 Å².